The molecule has 4 N–H and O–H groups in total. The Morgan fingerprint density at radius 3 is 2.69 bits per heavy atom. The van der Waals surface area contributed by atoms with Crippen molar-refractivity contribution in [3.63, 3.8) is 0 Å². The molecular weight excluding hydrogens is 472 g/mol. The lowest BCUT2D eigenvalue weighted by atomic mass is 10.2. The number of anilines is 3. The van der Waals surface area contributed by atoms with Gasteiger partial charge in [0.05, 0.1) is 18.9 Å². The Labute approximate surface area is 216 Å². The molecule has 0 radical (unpaired) electrons. The monoisotopic (exact) mass is 504 g/mol. The molecule has 10 heteroatoms. The van der Waals surface area contributed by atoms with Gasteiger partial charge in [-0.1, -0.05) is 18.2 Å². The van der Waals surface area contributed by atoms with Crippen LogP contribution in [-0.2, 0) is 0 Å². The van der Waals surface area contributed by atoms with Crippen molar-refractivity contribution in [2.45, 2.75) is 24.2 Å². The topological polar surface area (TPSA) is 111 Å². The molecule has 1 saturated heterocycles. The summed E-state index contributed by atoms with van der Waals surface area (Å²) < 4.78 is 8.71. The third kappa shape index (κ3) is 7.51. The van der Waals surface area contributed by atoms with E-state index in [-0.39, 0.29) is 0 Å². The fraction of sp³-hybridized carbons (Fsp3) is 0.308. The van der Waals surface area contributed by atoms with Gasteiger partial charge in [0.2, 0.25) is 0 Å². The van der Waals surface area contributed by atoms with Crippen LogP contribution in [0.3, 0.4) is 0 Å². The molecule has 188 valence electrons. The van der Waals surface area contributed by atoms with E-state index >= 15 is 0 Å². The van der Waals surface area contributed by atoms with Crippen molar-refractivity contribution in [1.29, 1.82) is 5.41 Å². The zero-order valence-electron chi connectivity index (χ0n) is 20.4. The maximum absolute atomic E-state index is 7.85. The van der Waals surface area contributed by atoms with Gasteiger partial charge >= 0.3 is 0 Å². The Balaban J connectivity index is 1.28. The van der Waals surface area contributed by atoms with Gasteiger partial charge in [-0.05, 0) is 80.7 Å². The van der Waals surface area contributed by atoms with Gasteiger partial charge in [0.25, 0.3) is 0 Å². The Morgan fingerprint density at radius 2 is 1.92 bits per heavy atom. The van der Waals surface area contributed by atoms with Gasteiger partial charge in [0, 0.05) is 29.4 Å². The summed E-state index contributed by atoms with van der Waals surface area (Å²) in [5.41, 5.74) is 5.18. The van der Waals surface area contributed by atoms with Gasteiger partial charge in [-0.25, -0.2) is 9.97 Å². The van der Waals surface area contributed by atoms with Gasteiger partial charge in [-0.3, -0.25) is 10.1 Å². The molecule has 0 atom stereocenters. The Kier molecular flexibility index (Phi) is 9.66. The Morgan fingerprint density at radius 1 is 1.11 bits per heavy atom. The number of rotatable bonds is 13. The minimum atomic E-state index is 0.437. The fourth-order valence-electron chi connectivity index (χ4n) is 3.86. The Bertz CT molecular complexity index is 1150. The fourth-order valence-corrected chi connectivity index (χ4v) is 4.55. The first kappa shape index (κ1) is 25.6. The van der Waals surface area contributed by atoms with E-state index in [1.54, 1.807) is 25.3 Å². The SMILES string of the molecule is COc1cccc(Nc2ncnc(N/N=C/c3ccc(SNCCCN4CCCC4)cc3)c2C=N)c1. The number of hydrogen-bond donors (Lipinski definition) is 4. The second kappa shape index (κ2) is 13.6. The van der Waals surface area contributed by atoms with Crippen molar-refractivity contribution in [1.82, 2.24) is 19.6 Å². The summed E-state index contributed by atoms with van der Waals surface area (Å²) in [6.07, 6.45) is 8.21. The molecule has 2 aromatic carbocycles. The normalized spacial score (nSPS) is 13.7. The minimum absolute atomic E-state index is 0.437. The second-order valence-corrected chi connectivity index (χ2v) is 9.29. The summed E-state index contributed by atoms with van der Waals surface area (Å²) in [4.78, 5) is 12.2. The van der Waals surface area contributed by atoms with Crippen LogP contribution < -0.4 is 20.2 Å². The summed E-state index contributed by atoms with van der Waals surface area (Å²) in [6, 6.07) is 15.7. The van der Waals surface area contributed by atoms with Gasteiger partial charge in [-0.15, -0.1) is 0 Å². The molecule has 9 nitrogen and oxygen atoms in total. The number of ether oxygens (including phenoxy) is 1. The van der Waals surface area contributed by atoms with E-state index in [0.717, 1.165) is 28.4 Å². The molecule has 4 rings (SSSR count). The molecule has 1 aliphatic heterocycles. The number of nitrogens with one attached hydrogen (secondary N) is 4. The maximum Gasteiger partial charge on any atom is 0.160 e. The quantitative estimate of drug-likeness (QED) is 0.114. The second-order valence-electron chi connectivity index (χ2n) is 8.32. The van der Waals surface area contributed by atoms with E-state index in [4.69, 9.17) is 10.1 Å². The van der Waals surface area contributed by atoms with E-state index in [1.165, 1.54) is 51.4 Å². The highest BCUT2D eigenvalue weighted by Crippen LogP contribution is 2.24. The summed E-state index contributed by atoms with van der Waals surface area (Å²) in [7, 11) is 1.62. The number of hydrogen-bond acceptors (Lipinski definition) is 10. The van der Waals surface area contributed by atoms with Crippen molar-refractivity contribution in [3.8, 4) is 5.75 Å². The van der Waals surface area contributed by atoms with Crippen molar-refractivity contribution >= 4 is 41.7 Å². The van der Waals surface area contributed by atoms with E-state index in [9.17, 15) is 0 Å². The lowest BCUT2D eigenvalue weighted by Crippen LogP contribution is -2.22. The van der Waals surface area contributed by atoms with Crippen LogP contribution >= 0.6 is 11.9 Å². The van der Waals surface area contributed by atoms with Crippen molar-refractivity contribution in [2.75, 3.05) is 44.0 Å². The average molecular weight is 505 g/mol. The van der Waals surface area contributed by atoms with Crippen molar-refractivity contribution < 1.29 is 4.74 Å². The smallest absolute Gasteiger partial charge is 0.160 e. The van der Waals surface area contributed by atoms with Crippen LogP contribution in [0.2, 0.25) is 0 Å². The van der Waals surface area contributed by atoms with Crippen LogP contribution in [0.4, 0.5) is 17.3 Å². The van der Waals surface area contributed by atoms with E-state index in [1.807, 2.05) is 36.4 Å². The molecular formula is C26H32N8OS. The van der Waals surface area contributed by atoms with Crippen LogP contribution in [0.25, 0.3) is 0 Å². The first-order valence-corrected chi connectivity index (χ1v) is 12.8. The molecule has 0 spiro atoms. The van der Waals surface area contributed by atoms with Gasteiger partial charge in [-0.2, -0.15) is 5.10 Å². The summed E-state index contributed by atoms with van der Waals surface area (Å²) in [5.74, 6) is 1.67. The number of benzene rings is 2. The molecule has 3 aromatic rings. The first-order valence-electron chi connectivity index (χ1n) is 12.0. The molecule has 0 amide bonds. The predicted molar refractivity (Wildman–Crippen MR) is 148 cm³/mol. The van der Waals surface area contributed by atoms with E-state index in [2.05, 4.69) is 47.6 Å². The van der Waals surface area contributed by atoms with Crippen molar-refractivity contribution in [3.05, 3.63) is 66.0 Å². The van der Waals surface area contributed by atoms with Crippen LogP contribution in [0, 0.1) is 5.41 Å². The third-order valence-electron chi connectivity index (χ3n) is 5.77. The Hall–Kier alpha value is -3.47. The highest BCUT2D eigenvalue weighted by atomic mass is 32.2. The first-order chi connectivity index (χ1) is 17.7. The van der Waals surface area contributed by atoms with Gasteiger partial charge in [0.15, 0.2) is 5.82 Å². The molecule has 1 aromatic heterocycles. The molecule has 1 aliphatic rings. The standard InChI is InChI=1S/C26H32N8OS/c1-35-22-7-4-6-21(16-22)32-25-24(17-27)26(29-19-28-25)33-30-18-20-8-10-23(11-9-20)36-31-12-5-15-34-13-2-3-14-34/h4,6-11,16-19,27,31H,2-3,5,12-15H2,1H3,(H2,28,29,32,33)/b27-17?,30-18+. The van der Waals surface area contributed by atoms with E-state index in [0.29, 0.717) is 17.2 Å². The summed E-state index contributed by atoms with van der Waals surface area (Å²) >= 11 is 1.66. The molecule has 0 aliphatic carbocycles. The van der Waals surface area contributed by atoms with Gasteiger partial charge in [0.1, 0.15) is 17.9 Å². The van der Waals surface area contributed by atoms with Crippen LogP contribution in [0.1, 0.15) is 30.4 Å². The highest BCUT2D eigenvalue weighted by molar-refractivity contribution is 7.97. The molecule has 0 unspecified atom stereocenters. The zero-order valence-corrected chi connectivity index (χ0v) is 21.2. The van der Waals surface area contributed by atoms with Gasteiger partial charge < -0.3 is 20.4 Å². The highest BCUT2D eigenvalue weighted by Gasteiger charge is 2.11. The predicted octanol–water partition coefficient (Wildman–Crippen LogP) is 4.76. The minimum Gasteiger partial charge on any atom is -0.497 e. The van der Waals surface area contributed by atoms with Crippen LogP contribution in [0.15, 0.2) is 64.9 Å². The molecule has 1 fully saturated rings. The number of aromatic nitrogens is 2. The molecule has 0 bridgehead atoms. The number of hydrazone groups is 1. The van der Waals surface area contributed by atoms with Crippen LogP contribution in [0.5, 0.6) is 5.75 Å². The average Bonchev–Trinajstić information content (AvgIpc) is 3.43. The maximum atomic E-state index is 7.85. The lowest BCUT2D eigenvalue weighted by molar-refractivity contribution is 0.335. The van der Waals surface area contributed by atoms with E-state index < -0.39 is 0 Å². The lowest BCUT2D eigenvalue weighted by Gasteiger charge is -2.14. The third-order valence-corrected chi connectivity index (χ3v) is 6.62. The summed E-state index contributed by atoms with van der Waals surface area (Å²) in [6.45, 7) is 4.69. The van der Waals surface area contributed by atoms with Crippen molar-refractivity contribution in [2.24, 2.45) is 5.10 Å². The zero-order chi connectivity index (χ0) is 25.0. The summed E-state index contributed by atoms with van der Waals surface area (Å²) in [5, 5.41) is 15.4. The molecule has 0 saturated carbocycles. The number of nitrogens with zero attached hydrogens (tertiary/aromatic N) is 4. The number of likely N-dealkylation sites (tertiary alicyclic amines) is 1. The van der Waals surface area contributed by atoms with Crippen LogP contribution in [-0.4, -0.2) is 60.6 Å². The molecule has 36 heavy (non-hydrogen) atoms. The molecule has 2 heterocycles. The number of methoxy groups -OCH3 is 1. The largest absolute Gasteiger partial charge is 0.497 e.